The molecule has 2 nitrogen and oxygen atoms in total. The SMILES string of the molecule is O=C(Oc1[c]cc[c]c1)c1ccccc1. The maximum Gasteiger partial charge on any atom is 0.343 e. The smallest absolute Gasteiger partial charge is 0.343 e. The minimum atomic E-state index is -0.383. The fourth-order valence-corrected chi connectivity index (χ4v) is 1.13. The van der Waals surface area contributed by atoms with Gasteiger partial charge in [-0.05, 0) is 30.3 Å². The molecule has 0 N–H and O–H groups in total. The largest absolute Gasteiger partial charge is 0.422 e. The highest BCUT2D eigenvalue weighted by Crippen LogP contribution is 2.10. The first-order valence-electron chi connectivity index (χ1n) is 4.51. The molecule has 0 fully saturated rings. The molecule has 0 atom stereocenters. The van der Waals surface area contributed by atoms with Gasteiger partial charge in [-0.1, -0.05) is 24.3 Å². The van der Waals surface area contributed by atoms with Crippen molar-refractivity contribution in [3.63, 3.8) is 0 Å². The lowest BCUT2D eigenvalue weighted by atomic mass is 10.2. The van der Waals surface area contributed by atoms with Crippen LogP contribution in [0.1, 0.15) is 10.4 Å². The molecule has 0 amide bonds. The van der Waals surface area contributed by atoms with Crippen LogP contribution in [0.2, 0.25) is 0 Å². The molecule has 2 aromatic rings. The van der Waals surface area contributed by atoms with Crippen LogP contribution < -0.4 is 4.74 Å². The number of carbonyl (C=O) groups excluding carboxylic acids is 1. The summed E-state index contributed by atoms with van der Waals surface area (Å²) in [6, 6.07) is 19.3. The predicted octanol–water partition coefficient (Wildman–Crippen LogP) is 2.51. The molecule has 0 unspecified atom stereocenters. The standard InChI is InChI=1S/C13H8O2/c14-13(11-7-3-1-4-8-11)15-12-9-5-2-6-10-12/h1-5,7-8,10H. The third-order valence-corrected chi connectivity index (χ3v) is 1.83. The Labute approximate surface area is 88.1 Å². The molecule has 0 heterocycles. The first-order valence-corrected chi connectivity index (χ1v) is 4.51. The quantitative estimate of drug-likeness (QED) is 0.545. The number of hydrogen-bond acceptors (Lipinski definition) is 2. The number of rotatable bonds is 2. The lowest BCUT2D eigenvalue weighted by Crippen LogP contribution is -2.07. The van der Waals surface area contributed by atoms with Gasteiger partial charge in [0.2, 0.25) is 0 Å². The maximum absolute atomic E-state index is 11.6. The Morgan fingerprint density at radius 1 is 1.13 bits per heavy atom. The number of ether oxygens (including phenoxy) is 1. The molecule has 0 bridgehead atoms. The summed E-state index contributed by atoms with van der Waals surface area (Å²) in [7, 11) is 0. The highest BCUT2D eigenvalue weighted by Gasteiger charge is 2.06. The lowest BCUT2D eigenvalue weighted by molar-refractivity contribution is 0.0734. The van der Waals surface area contributed by atoms with E-state index in [2.05, 4.69) is 12.1 Å². The summed E-state index contributed by atoms with van der Waals surface area (Å²) in [4.78, 5) is 11.6. The van der Waals surface area contributed by atoms with E-state index in [9.17, 15) is 4.79 Å². The molecule has 0 aliphatic carbocycles. The van der Waals surface area contributed by atoms with Crippen LogP contribution in [0.5, 0.6) is 5.75 Å². The van der Waals surface area contributed by atoms with Crippen LogP contribution in [0.3, 0.4) is 0 Å². The van der Waals surface area contributed by atoms with Crippen LogP contribution >= 0.6 is 0 Å². The Kier molecular flexibility index (Phi) is 2.79. The monoisotopic (exact) mass is 196 g/mol. The topological polar surface area (TPSA) is 26.3 Å². The van der Waals surface area contributed by atoms with Crippen LogP contribution in [0.4, 0.5) is 0 Å². The molecule has 0 aliphatic heterocycles. The molecule has 0 saturated heterocycles. The van der Waals surface area contributed by atoms with Gasteiger partial charge in [-0.15, -0.1) is 0 Å². The molecule has 15 heavy (non-hydrogen) atoms. The van der Waals surface area contributed by atoms with E-state index in [0.717, 1.165) is 0 Å². The molecule has 2 radical (unpaired) electrons. The third kappa shape index (κ3) is 2.44. The van der Waals surface area contributed by atoms with Gasteiger partial charge in [0.15, 0.2) is 0 Å². The summed E-state index contributed by atoms with van der Waals surface area (Å²) in [6.45, 7) is 0. The van der Waals surface area contributed by atoms with Crippen molar-refractivity contribution in [2.45, 2.75) is 0 Å². The van der Waals surface area contributed by atoms with Crippen molar-refractivity contribution in [1.82, 2.24) is 0 Å². The van der Waals surface area contributed by atoms with E-state index < -0.39 is 0 Å². The summed E-state index contributed by atoms with van der Waals surface area (Å²) >= 11 is 0. The fourth-order valence-electron chi connectivity index (χ4n) is 1.13. The van der Waals surface area contributed by atoms with Crippen LogP contribution in [-0.2, 0) is 0 Å². The van der Waals surface area contributed by atoms with Gasteiger partial charge in [-0.25, -0.2) is 4.79 Å². The Balaban J connectivity index is 2.12. The summed E-state index contributed by atoms with van der Waals surface area (Å²) < 4.78 is 5.07. The summed E-state index contributed by atoms with van der Waals surface area (Å²) in [5, 5.41) is 0. The Morgan fingerprint density at radius 3 is 2.60 bits per heavy atom. The van der Waals surface area contributed by atoms with E-state index in [-0.39, 0.29) is 5.97 Å². The van der Waals surface area contributed by atoms with Crippen molar-refractivity contribution in [2.75, 3.05) is 0 Å². The molecule has 0 saturated carbocycles. The van der Waals surface area contributed by atoms with Crippen molar-refractivity contribution in [3.8, 4) is 5.75 Å². The fraction of sp³-hybridized carbons (Fsp3) is 0. The molecule has 0 spiro atoms. The van der Waals surface area contributed by atoms with Gasteiger partial charge in [0, 0.05) is 6.07 Å². The second-order valence-corrected chi connectivity index (χ2v) is 2.91. The van der Waals surface area contributed by atoms with Crippen molar-refractivity contribution in [3.05, 3.63) is 66.2 Å². The van der Waals surface area contributed by atoms with Gasteiger partial charge in [0.1, 0.15) is 5.75 Å². The first-order chi connectivity index (χ1) is 7.36. The van der Waals surface area contributed by atoms with Crippen molar-refractivity contribution < 1.29 is 9.53 Å². The van der Waals surface area contributed by atoms with Gasteiger partial charge >= 0.3 is 5.97 Å². The van der Waals surface area contributed by atoms with Gasteiger partial charge in [-0.3, -0.25) is 0 Å². The lowest BCUT2D eigenvalue weighted by Gasteiger charge is -2.02. The van der Waals surface area contributed by atoms with Crippen LogP contribution in [-0.4, -0.2) is 5.97 Å². The average Bonchev–Trinajstić information content (AvgIpc) is 2.31. The van der Waals surface area contributed by atoms with Crippen molar-refractivity contribution in [2.24, 2.45) is 0 Å². The van der Waals surface area contributed by atoms with Gasteiger partial charge in [0.25, 0.3) is 0 Å². The molecule has 2 aromatic carbocycles. The second kappa shape index (κ2) is 4.42. The van der Waals surface area contributed by atoms with E-state index in [1.165, 1.54) is 0 Å². The molecule has 2 rings (SSSR count). The average molecular weight is 196 g/mol. The zero-order valence-electron chi connectivity index (χ0n) is 7.94. The van der Waals surface area contributed by atoms with E-state index in [1.807, 2.05) is 6.07 Å². The minimum Gasteiger partial charge on any atom is -0.422 e. The van der Waals surface area contributed by atoms with Crippen molar-refractivity contribution in [1.29, 1.82) is 0 Å². The van der Waals surface area contributed by atoms with E-state index in [0.29, 0.717) is 11.3 Å². The summed E-state index contributed by atoms with van der Waals surface area (Å²) in [6.07, 6.45) is 0. The molecule has 0 aromatic heterocycles. The van der Waals surface area contributed by atoms with Crippen molar-refractivity contribution >= 4 is 5.97 Å². The minimum absolute atomic E-state index is 0.381. The zero-order chi connectivity index (χ0) is 10.5. The van der Waals surface area contributed by atoms with Crippen LogP contribution in [0.15, 0.2) is 48.5 Å². The predicted molar refractivity (Wildman–Crippen MR) is 55.5 cm³/mol. The van der Waals surface area contributed by atoms with Gasteiger partial charge in [-0.2, -0.15) is 0 Å². The molecule has 0 aliphatic rings. The van der Waals surface area contributed by atoms with Gasteiger partial charge < -0.3 is 4.74 Å². The summed E-state index contributed by atoms with van der Waals surface area (Å²) in [5.74, 6) is -0.00203. The normalized spacial score (nSPS) is 9.60. The maximum atomic E-state index is 11.6. The molecular formula is C13H8O2. The highest BCUT2D eigenvalue weighted by molar-refractivity contribution is 5.90. The third-order valence-electron chi connectivity index (χ3n) is 1.83. The summed E-state index contributed by atoms with van der Waals surface area (Å²) in [5.41, 5.74) is 0.523. The van der Waals surface area contributed by atoms with Crippen LogP contribution in [0.25, 0.3) is 0 Å². The number of hydrogen-bond donors (Lipinski definition) is 0. The molecule has 72 valence electrons. The van der Waals surface area contributed by atoms with E-state index in [1.54, 1.807) is 42.5 Å². The van der Waals surface area contributed by atoms with E-state index in [4.69, 9.17) is 4.74 Å². The van der Waals surface area contributed by atoms with Gasteiger partial charge in [0.05, 0.1) is 5.56 Å². The zero-order valence-corrected chi connectivity index (χ0v) is 7.94. The Morgan fingerprint density at radius 2 is 1.93 bits per heavy atom. The van der Waals surface area contributed by atoms with E-state index >= 15 is 0 Å². The first kappa shape index (κ1) is 9.46. The number of benzene rings is 2. The highest BCUT2D eigenvalue weighted by atomic mass is 16.5. The number of carbonyl (C=O) groups is 1. The Hall–Kier alpha value is -2.09. The molecular weight excluding hydrogens is 188 g/mol. The van der Waals surface area contributed by atoms with Crippen LogP contribution in [0, 0.1) is 12.1 Å². The Bertz CT molecular complexity index is 435. The second-order valence-electron chi connectivity index (χ2n) is 2.91. The number of esters is 1. The molecule has 2 heteroatoms.